The predicted octanol–water partition coefficient (Wildman–Crippen LogP) is 4.31. The van der Waals surface area contributed by atoms with E-state index in [0.717, 1.165) is 57.8 Å². The number of ether oxygens (including phenoxy) is 1. The van der Waals surface area contributed by atoms with Gasteiger partial charge in [0.15, 0.2) is 0 Å². The third-order valence-electron chi connectivity index (χ3n) is 5.42. The van der Waals surface area contributed by atoms with Crippen LogP contribution in [0.25, 0.3) is 0 Å². The van der Waals surface area contributed by atoms with Gasteiger partial charge in [0, 0.05) is 0 Å². The molecule has 0 aliphatic heterocycles. The van der Waals surface area contributed by atoms with Gasteiger partial charge in [-0.2, -0.15) is 0 Å². The average molecular weight is 310 g/mol. The summed E-state index contributed by atoms with van der Waals surface area (Å²) in [6.45, 7) is 2.16. The third-order valence-corrected chi connectivity index (χ3v) is 5.42. The minimum absolute atomic E-state index is 0.135. The molecule has 0 heterocycles. The zero-order chi connectivity index (χ0) is 16.0. The van der Waals surface area contributed by atoms with Crippen LogP contribution in [0.3, 0.4) is 0 Å². The highest BCUT2D eigenvalue weighted by Crippen LogP contribution is 2.38. The lowest BCUT2D eigenvalue weighted by molar-refractivity contribution is -0.172. The third kappa shape index (κ3) is 4.47. The van der Waals surface area contributed by atoms with Gasteiger partial charge in [-0.15, -0.1) is 0 Å². The second-order valence-electron chi connectivity index (χ2n) is 7.17. The van der Waals surface area contributed by atoms with E-state index >= 15 is 0 Å². The standard InChI is InChI=1S/C18H30O4/c1-2-3-10-18(11-5-4-6-12-18)22-17(21)15-9-7-8-14(13-15)16(19)20/h14-15H,2-13H2,1H3,(H,19,20). The fraction of sp³-hybridized carbons (Fsp3) is 0.889. The van der Waals surface area contributed by atoms with E-state index in [9.17, 15) is 14.7 Å². The molecule has 0 aromatic heterocycles. The Morgan fingerprint density at radius 1 is 1.09 bits per heavy atom. The molecule has 22 heavy (non-hydrogen) atoms. The van der Waals surface area contributed by atoms with Crippen molar-refractivity contribution in [3.8, 4) is 0 Å². The second kappa shape index (κ2) is 7.98. The Morgan fingerprint density at radius 2 is 1.77 bits per heavy atom. The Bertz CT molecular complexity index is 385. The Hall–Kier alpha value is -1.06. The first-order valence-corrected chi connectivity index (χ1v) is 9.02. The summed E-state index contributed by atoms with van der Waals surface area (Å²) in [5.74, 6) is -1.49. The molecule has 4 heteroatoms. The van der Waals surface area contributed by atoms with Crippen LogP contribution in [-0.4, -0.2) is 22.6 Å². The van der Waals surface area contributed by atoms with E-state index < -0.39 is 5.97 Å². The number of carboxylic acids is 1. The molecular formula is C18H30O4. The lowest BCUT2D eigenvalue weighted by Crippen LogP contribution is -2.40. The van der Waals surface area contributed by atoms with Crippen molar-refractivity contribution in [2.75, 3.05) is 0 Å². The monoisotopic (exact) mass is 310 g/mol. The fourth-order valence-electron chi connectivity index (χ4n) is 4.02. The summed E-state index contributed by atoms with van der Waals surface area (Å²) in [4.78, 5) is 23.8. The first-order chi connectivity index (χ1) is 10.6. The maximum Gasteiger partial charge on any atom is 0.309 e. The summed E-state index contributed by atoms with van der Waals surface area (Å²) >= 11 is 0. The summed E-state index contributed by atoms with van der Waals surface area (Å²) < 4.78 is 6.02. The van der Waals surface area contributed by atoms with Crippen LogP contribution in [0.15, 0.2) is 0 Å². The normalized spacial score (nSPS) is 28.0. The van der Waals surface area contributed by atoms with E-state index in [1.807, 2.05) is 0 Å². The van der Waals surface area contributed by atoms with Gasteiger partial charge >= 0.3 is 11.9 Å². The number of rotatable bonds is 6. The van der Waals surface area contributed by atoms with Gasteiger partial charge in [-0.1, -0.05) is 26.2 Å². The maximum absolute atomic E-state index is 12.6. The van der Waals surface area contributed by atoms with Gasteiger partial charge in [-0.3, -0.25) is 9.59 Å². The molecule has 2 unspecified atom stereocenters. The van der Waals surface area contributed by atoms with Crippen LogP contribution in [0.1, 0.15) is 84.0 Å². The van der Waals surface area contributed by atoms with Crippen molar-refractivity contribution in [2.45, 2.75) is 89.6 Å². The van der Waals surface area contributed by atoms with Gasteiger partial charge in [0.2, 0.25) is 0 Å². The van der Waals surface area contributed by atoms with E-state index in [1.54, 1.807) is 0 Å². The van der Waals surface area contributed by atoms with Crippen LogP contribution in [-0.2, 0) is 14.3 Å². The molecule has 2 fully saturated rings. The van der Waals surface area contributed by atoms with E-state index in [4.69, 9.17) is 4.74 Å². The highest BCUT2D eigenvalue weighted by Gasteiger charge is 2.39. The molecule has 4 nitrogen and oxygen atoms in total. The van der Waals surface area contributed by atoms with Crippen LogP contribution in [0.2, 0.25) is 0 Å². The number of unbranched alkanes of at least 4 members (excludes halogenated alkanes) is 1. The number of esters is 1. The van der Waals surface area contributed by atoms with Crippen molar-refractivity contribution < 1.29 is 19.4 Å². The van der Waals surface area contributed by atoms with Crippen molar-refractivity contribution >= 4 is 11.9 Å². The van der Waals surface area contributed by atoms with Crippen LogP contribution in [0.4, 0.5) is 0 Å². The van der Waals surface area contributed by atoms with Gasteiger partial charge in [0.1, 0.15) is 5.60 Å². The molecule has 2 rings (SSSR count). The first kappa shape index (κ1) is 17.3. The van der Waals surface area contributed by atoms with Crippen molar-refractivity contribution in [3.05, 3.63) is 0 Å². The van der Waals surface area contributed by atoms with Gasteiger partial charge in [0.25, 0.3) is 0 Å². The zero-order valence-electron chi connectivity index (χ0n) is 13.8. The smallest absolute Gasteiger partial charge is 0.309 e. The van der Waals surface area contributed by atoms with Crippen LogP contribution in [0, 0.1) is 11.8 Å². The summed E-state index contributed by atoms with van der Waals surface area (Å²) in [6, 6.07) is 0. The molecule has 0 radical (unpaired) electrons. The van der Waals surface area contributed by atoms with Gasteiger partial charge in [-0.05, 0) is 57.8 Å². The molecule has 126 valence electrons. The Kier molecular flexibility index (Phi) is 6.27. The molecule has 0 bridgehead atoms. The largest absolute Gasteiger partial charge is 0.481 e. The summed E-state index contributed by atoms with van der Waals surface area (Å²) in [7, 11) is 0. The number of aliphatic carboxylic acids is 1. The van der Waals surface area contributed by atoms with Crippen LogP contribution in [0.5, 0.6) is 0 Å². The number of hydrogen-bond acceptors (Lipinski definition) is 3. The van der Waals surface area contributed by atoms with Crippen molar-refractivity contribution in [1.29, 1.82) is 0 Å². The molecule has 0 spiro atoms. The highest BCUT2D eigenvalue weighted by molar-refractivity contribution is 5.76. The van der Waals surface area contributed by atoms with Crippen molar-refractivity contribution in [3.63, 3.8) is 0 Å². The minimum atomic E-state index is -0.768. The number of carboxylic acid groups (broad SMARTS) is 1. The number of hydrogen-bond donors (Lipinski definition) is 1. The molecular weight excluding hydrogens is 280 g/mol. The Morgan fingerprint density at radius 3 is 2.41 bits per heavy atom. The summed E-state index contributed by atoms with van der Waals surface area (Å²) in [5.41, 5.74) is -0.262. The summed E-state index contributed by atoms with van der Waals surface area (Å²) in [5, 5.41) is 9.17. The van der Waals surface area contributed by atoms with Crippen molar-refractivity contribution in [2.24, 2.45) is 11.8 Å². The zero-order valence-corrected chi connectivity index (χ0v) is 13.8. The lowest BCUT2D eigenvalue weighted by Gasteiger charge is -2.38. The molecule has 0 aromatic rings. The Labute approximate surface area is 133 Å². The number of carbonyl (C=O) groups excluding carboxylic acids is 1. The molecule has 2 saturated carbocycles. The average Bonchev–Trinajstić information content (AvgIpc) is 2.54. The van der Waals surface area contributed by atoms with E-state index in [1.165, 1.54) is 6.42 Å². The molecule has 0 aromatic carbocycles. The molecule has 1 N–H and O–H groups in total. The van der Waals surface area contributed by atoms with E-state index in [0.29, 0.717) is 12.8 Å². The Balaban J connectivity index is 1.96. The quantitative estimate of drug-likeness (QED) is 0.742. The number of carbonyl (C=O) groups is 2. The maximum atomic E-state index is 12.6. The van der Waals surface area contributed by atoms with Gasteiger partial charge < -0.3 is 9.84 Å². The molecule has 0 saturated heterocycles. The first-order valence-electron chi connectivity index (χ1n) is 9.02. The molecule has 2 atom stereocenters. The SMILES string of the molecule is CCCCC1(OC(=O)C2CCCC(C(=O)O)C2)CCCCC1. The summed E-state index contributed by atoms with van der Waals surface area (Å²) in [6.07, 6.45) is 11.4. The van der Waals surface area contributed by atoms with E-state index in [-0.39, 0.29) is 23.4 Å². The molecule has 2 aliphatic rings. The van der Waals surface area contributed by atoms with Crippen LogP contribution >= 0.6 is 0 Å². The van der Waals surface area contributed by atoms with Gasteiger partial charge in [0.05, 0.1) is 11.8 Å². The molecule has 2 aliphatic carbocycles. The predicted molar refractivity (Wildman–Crippen MR) is 84.5 cm³/mol. The minimum Gasteiger partial charge on any atom is -0.481 e. The van der Waals surface area contributed by atoms with E-state index in [2.05, 4.69) is 6.92 Å². The lowest BCUT2D eigenvalue weighted by atomic mass is 9.79. The van der Waals surface area contributed by atoms with Crippen LogP contribution < -0.4 is 0 Å². The van der Waals surface area contributed by atoms with Crippen molar-refractivity contribution in [1.82, 2.24) is 0 Å². The van der Waals surface area contributed by atoms with Gasteiger partial charge in [-0.25, -0.2) is 0 Å². The molecule has 0 amide bonds. The topological polar surface area (TPSA) is 63.6 Å². The fourth-order valence-corrected chi connectivity index (χ4v) is 4.02. The highest BCUT2D eigenvalue weighted by atomic mass is 16.6. The second-order valence-corrected chi connectivity index (χ2v) is 7.17.